The van der Waals surface area contributed by atoms with Crippen molar-refractivity contribution in [1.29, 1.82) is 0 Å². The predicted octanol–water partition coefficient (Wildman–Crippen LogP) is 0.635. The van der Waals surface area contributed by atoms with Crippen LogP contribution in [0.25, 0.3) is 11.2 Å². The maximum atomic E-state index is 6.13. The van der Waals surface area contributed by atoms with Crippen LogP contribution in [0.1, 0.15) is 19.0 Å². The van der Waals surface area contributed by atoms with Crippen LogP contribution in [0, 0.1) is 0 Å². The molecule has 2 aromatic heterocycles. The molecule has 1 unspecified atom stereocenters. The Morgan fingerprint density at radius 2 is 2.19 bits per heavy atom. The lowest BCUT2D eigenvalue weighted by Gasteiger charge is -2.30. The highest BCUT2D eigenvalue weighted by molar-refractivity contribution is 5.77. The minimum atomic E-state index is 0.146. The first-order valence-electron chi connectivity index (χ1n) is 7.57. The van der Waals surface area contributed by atoms with Crippen molar-refractivity contribution in [3.8, 4) is 0 Å². The van der Waals surface area contributed by atoms with E-state index in [1.165, 1.54) is 0 Å². The summed E-state index contributed by atoms with van der Waals surface area (Å²) in [6, 6.07) is 0. The fourth-order valence-electron chi connectivity index (χ4n) is 3.02. The van der Waals surface area contributed by atoms with E-state index in [0.29, 0.717) is 5.95 Å². The number of nitrogens with zero attached hydrogens (tertiary/aromatic N) is 5. The van der Waals surface area contributed by atoms with Crippen molar-refractivity contribution in [2.75, 3.05) is 32.5 Å². The van der Waals surface area contributed by atoms with Gasteiger partial charge in [-0.05, 0) is 13.5 Å². The standard InChI is InChI=1S/C14H24N6O/c1-4-5-11-12-13(19(3)17-11)20(14(15)16-12)9-10-8-18(2)6-7-21-10/h10H,4-9H2,1-3H3,(H2,15,16). The van der Waals surface area contributed by atoms with E-state index in [9.17, 15) is 0 Å². The van der Waals surface area contributed by atoms with Gasteiger partial charge in [0.1, 0.15) is 5.52 Å². The van der Waals surface area contributed by atoms with Crippen molar-refractivity contribution in [3.05, 3.63) is 5.69 Å². The molecule has 1 aliphatic rings. The summed E-state index contributed by atoms with van der Waals surface area (Å²) in [4.78, 5) is 6.81. The minimum absolute atomic E-state index is 0.146. The molecule has 3 rings (SSSR count). The Hall–Kier alpha value is -1.60. The normalized spacial score (nSPS) is 20.4. The number of hydrogen-bond acceptors (Lipinski definition) is 5. The van der Waals surface area contributed by atoms with E-state index in [4.69, 9.17) is 10.5 Å². The van der Waals surface area contributed by atoms with E-state index < -0.39 is 0 Å². The van der Waals surface area contributed by atoms with Gasteiger partial charge in [0.2, 0.25) is 5.95 Å². The Morgan fingerprint density at radius 3 is 2.90 bits per heavy atom. The van der Waals surface area contributed by atoms with Gasteiger partial charge in [-0.3, -0.25) is 9.25 Å². The number of imidazole rings is 1. The molecule has 1 aliphatic heterocycles. The molecule has 0 saturated carbocycles. The molecule has 0 radical (unpaired) electrons. The van der Waals surface area contributed by atoms with Crippen LogP contribution in [0.2, 0.25) is 0 Å². The SMILES string of the molecule is CCCc1nn(C)c2c1nc(N)n2CC1CN(C)CCO1. The number of aromatic nitrogens is 4. The van der Waals surface area contributed by atoms with Gasteiger partial charge in [-0.25, -0.2) is 4.98 Å². The number of aryl methyl sites for hydroxylation is 2. The second-order valence-corrected chi connectivity index (χ2v) is 5.83. The molecule has 7 heteroatoms. The summed E-state index contributed by atoms with van der Waals surface area (Å²) in [6.07, 6.45) is 2.12. The second-order valence-electron chi connectivity index (χ2n) is 5.83. The van der Waals surface area contributed by atoms with E-state index in [1.807, 2.05) is 16.3 Å². The second kappa shape index (κ2) is 5.65. The van der Waals surface area contributed by atoms with E-state index in [2.05, 4.69) is 29.0 Å². The Morgan fingerprint density at radius 1 is 1.38 bits per heavy atom. The Balaban J connectivity index is 1.92. The summed E-state index contributed by atoms with van der Waals surface area (Å²) in [7, 11) is 4.07. The van der Waals surface area contributed by atoms with Crippen LogP contribution in [0.3, 0.4) is 0 Å². The number of fused-ring (bicyclic) bond motifs is 1. The predicted molar refractivity (Wildman–Crippen MR) is 82.1 cm³/mol. The van der Waals surface area contributed by atoms with Gasteiger partial charge in [0.25, 0.3) is 0 Å². The Bertz CT molecular complexity index is 631. The topological polar surface area (TPSA) is 74.1 Å². The highest BCUT2D eigenvalue weighted by Gasteiger charge is 2.23. The maximum absolute atomic E-state index is 6.13. The Kier molecular flexibility index (Phi) is 3.86. The van der Waals surface area contributed by atoms with Crippen LogP contribution in [0.5, 0.6) is 0 Å². The summed E-state index contributed by atoms with van der Waals surface area (Å²) < 4.78 is 9.76. The summed E-state index contributed by atoms with van der Waals surface area (Å²) in [5.74, 6) is 0.548. The van der Waals surface area contributed by atoms with Gasteiger partial charge in [-0.2, -0.15) is 5.10 Å². The van der Waals surface area contributed by atoms with Gasteiger partial charge in [-0.15, -0.1) is 0 Å². The van der Waals surface area contributed by atoms with E-state index >= 15 is 0 Å². The smallest absolute Gasteiger partial charge is 0.202 e. The number of nitrogen functional groups attached to an aromatic ring is 1. The lowest BCUT2D eigenvalue weighted by Crippen LogP contribution is -2.42. The maximum Gasteiger partial charge on any atom is 0.202 e. The number of morpholine rings is 1. The number of hydrogen-bond donors (Lipinski definition) is 1. The molecule has 2 N–H and O–H groups in total. The summed E-state index contributed by atoms with van der Waals surface area (Å²) in [5, 5.41) is 4.58. The molecular formula is C14H24N6O. The third-order valence-corrected chi connectivity index (χ3v) is 4.04. The zero-order chi connectivity index (χ0) is 15.0. The first kappa shape index (κ1) is 14.3. The van der Waals surface area contributed by atoms with Crippen molar-refractivity contribution in [3.63, 3.8) is 0 Å². The van der Waals surface area contributed by atoms with Crippen LogP contribution >= 0.6 is 0 Å². The van der Waals surface area contributed by atoms with Gasteiger partial charge in [0, 0.05) is 20.1 Å². The average molecular weight is 292 g/mol. The van der Waals surface area contributed by atoms with Crippen LogP contribution < -0.4 is 5.73 Å². The summed E-state index contributed by atoms with van der Waals surface area (Å²) in [5.41, 5.74) is 9.08. The average Bonchev–Trinajstić information content (AvgIpc) is 2.90. The van der Waals surface area contributed by atoms with Crippen molar-refractivity contribution in [2.45, 2.75) is 32.4 Å². The van der Waals surface area contributed by atoms with Crippen LogP contribution in [0.4, 0.5) is 5.95 Å². The third kappa shape index (κ3) is 2.63. The highest BCUT2D eigenvalue weighted by atomic mass is 16.5. The number of nitrogens with two attached hydrogens (primary N) is 1. The monoisotopic (exact) mass is 292 g/mol. The molecule has 2 aromatic rings. The summed E-state index contributed by atoms with van der Waals surface area (Å²) >= 11 is 0. The molecule has 0 bridgehead atoms. The first-order chi connectivity index (χ1) is 10.1. The Labute approximate surface area is 124 Å². The molecule has 21 heavy (non-hydrogen) atoms. The third-order valence-electron chi connectivity index (χ3n) is 4.04. The quantitative estimate of drug-likeness (QED) is 0.895. The molecule has 0 amide bonds. The van der Waals surface area contributed by atoms with Crippen molar-refractivity contribution >= 4 is 17.1 Å². The molecule has 0 spiro atoms. The van der Waals surface area contributed by atoms with Crippen LogP contribution in [-0.2, 0) is 24.8 Å². The zero-order valence-corrected chi connectivity index (χ0v) is 13.0. The lowest BCUT2D eigenvalue weighted by molar-refractivity contribution is -0.0268. The van der Waals surface area contributed by atoms with Crippen molar-refractivity contribution in [1.82, 2.24) is 24.2 Å². The van der Waals surface area contributed by atoms with Gasteiger partial charge < -0.3 is 15.4 Å². The van der Waals surface area contributed by atoms with Gasteiger partial charge in [0.05, 0.1) is 24.9 Å². The molecular weight excluding hydrogens is 268 g/mol. The number of likely N-dealkylation sites (N-methyl/N-ethyl adjacent to an activating group) is 1. The molecule has 1 atom stereocenters. The highest BCUT2D eigenvalue weighted by Crippen LogP contribution is 2.23. The first-order valence-corrected chi connectivity index (χ1v) is 7.57. The summed E-state index contributed by atoms with van der Waals surface area (Å²) in [6.45, 7) is 5.53. The minimum Gasteiger partial charge on any atom is -0.374 e. The lowest BCUT2D eigenvalue weighted by atomic mass is 10.2. The van der Waals surface area contributed by atoms with Gasteiger partial charge >= 0.3 is 0 Å². The molecule has 1 fully saturated rings. The fraction of sp³-hybridized carbons (Fsp3) is 0.714. The van der Waals surface area contributed by atoms with Gasteiger partial charge in [-0.1, -0.05) is 13.3 Å². The molecule has 1 saturated heterocycles. The number of rotatable bonds is 4. The molecule has 116 valence electrons. The molecule has 3 heterocycles. The van der Waals surface area contributed by atoms with Crippen LogP contribution in [-0.4, -0.2) is 57.1 Å². The number of anilines is 1. The molecule has 7 nitrogen and oxygen atoms in total. The van der Waals surface area contributed by atoms with Crippen molar-refractivity contribution < 1.29 is 4.74 Å². The van der Waals surface area contributed by atoms with E-state index in [1.54, 1.807) is 0 Å². The zero-order valence-electron chi connectivity index (χ0n) is 13.0. The van der Waals surface area contributed by atoms with E-state index in [-0.39, 0.29) is 6.10 Å². The molecule has 0 aromatic carbocycles. The largest absolute Gasteiger partial charge is 0.374 e. The van der Waals surface area contributed by atoms with Crippen molar-refractivity contribution in [2.24, 2.45) is 7.05 Å². The van der Waals surface area contributed by atoms with Gasteiger partial charge in [0.15, 0.2) is 5.65 Å². The molecule has 0 aliphatic carbocycles. The fourth-order valence-corrected chi connectivity index (χ4v) is 3.02. The van der Waals surface area contributed by atoms with Crippen LogP contribution in [0.15, 0.2) is 0 Å². The number of ether oxygens (including phenoxy) is 1. The van der Waals surface area contributed by atoms with E-state index in [0.717, 1.165) is 55.9 Å².